The zero-order valence-electron chi connectivity index (χ0n) is 19.0. The first kappa shape index (κ1) is 22.7. The quantitative estimate of drug-likeness (QED) is 0.505. The van der Waals surface area contributed by atoms with Crippen LogP contribution >= 0.6 is 11.3 Å². The van der Waals surface area contributed by atoms with Crippen LogP contribution in [0.4, 0.5) is 0 Å². The number of Topliss-reactive ketones (excluding diaryl/α,β-unsaturated/α-hetero) is 1. The van der Waals surface area contributed by atoms with E-state index in [1.165, 1.54) is 55.5 Å². The highest BCUT2D eigenvalue weighted by Crippen LogP contribution is 2.24. The minimum atomic E-state index is 0.169. The van der Waals surface area contributed by atoms with Crippen LogP contribution in [0.25, 0.3) is 0 Å². The number of piperidine rings is 1. The molecule has 2 aliphatic rings. The third kappa shape index (κ3) is 6.48. The molecule has 1 aromatic heterocycles. The Hall–Kier alpha value is -1.53. The Morgan fingerprint density at radius 3 is 2.68 bits per heavy atom. The Kier molecular flexibility index (Phi) is 7.94. The lowest BCUT2D eigenvalue weighted by molar-refractivity contribution is 0.0570. The van der Waals surface area contributed by atoms with E-state index in [0.717, 1.165) is 43.6 Å². The molecule has 0 bridgehead atoms. The smallest absolute Gasteiger partial charge is 0.169 e. The SMILES string of the molecule is CC(=O)c1cc(CN(CC2CCN(Cc3ccccc3C)CC2)CC2CCCO2)cs1. The molecule has 1 atom stereocenters. The van der Waals surface area contributed by atoms with E-state index in [9.17, 15) is 4.79 Å². The first-order chi connectivity index (χ1) is 15.1. The van der Waals surface area contributed by atoms with Crippen molar-refractivity contribution in [3.8, 4) is 0 Å². The lowest BCUT2D eigenvalue weighted by Gasteiger charge is -2.35. The lowest BCUT2D eigenvalue weighted by Crippen LogP contribution is -2.40. The van der Waals surface area contributed by atoms with Gasteiger partial charge in [-0.05, 0) is 86.7 Å². The van der Waals surface area contributed by atoms with Crippen molar-refractivity contribution < 1.29 is 9.53 Å². The first-order valence-corrected chi connectivity index (χ1v) is 12.6. The molecule has 0 aliphatic carbocycles. The van der Waals surface area contributed by atoms with Crippen molar-refractivity contribution in [3.63, 3.8) is 0 Å². The topological polar surface area (TPSA) is 32.8 Å². The van der Waals surface area contributed by atoms with Crippen LogP contribution in [0.1, 0.15) is 59.0 Å². The van der Waals surface area contributed by atoms with Crippen LogP contribution in [0.3, 0.4) is 0 Å². The molecule has 2 aromatic rings. The highest BCUT2D eigenvalue weighted by atomic mass is 32.1. The van der Waals surface area contributed by atoms with Gasteiger partial charge in [-0.3, -0.25) is 14.6 Å². The number of likely N-dealkylation sites (tertiary alicyclic amines) is 1. The summed E-state index contributed by atoms with van der Waals surface area (Å²) in [7, 11) is 0. The molecule has 2 fully saturated rings. The fourth-order valence-electron chi connectivity index (χ4n) is 4.90. The highest BCUT2D eigenvalue weighted by molar-refractivity contribution is 7.12. The van der Waals surface area contributed by atoms with Gasteiger partial charge in [0.1, 0.15) is 0 Å². The summed E-state index contributed by atoms with van der Waals surface area (Å²) in [6, 6.07) is 10.8. The van der Waals surface area contributed by atoms with Crippen molar-refractivity contribution in [2.45, 2.75) is 58.7 Å². The van der Waals surface area contributed by atoms with Crippen LogP contribution in [-0.2, 0) is 17.8 Å². The van der Waals surface area contributed by atoms with E-state index in [-0.39, 0.29) is 5.78 Å². The second-order valence-corrected chi connectivity index (χ2v) is 10.3. The van der Waals surface area contributed by atoms with E-state index in [0.29, 0.717) is 6.10 Å². The van der Waals surface area contributed by atoms with Crippen LogP contribution in [0.5, 0.6) is 0 Å². The molecular weight excluding hydrogens is 404 g/mol. The molecular formula is C26H36N2O2S. The number of thiophene rings is 1. The summed E-state index contributed by atoms with van der Waals surface area (Å²) >= 11 is 1.58. The molecule has 0 N–H and O–H groups in total. The Balaban J connectivity index is 1.32. The summed E-state index contributed by atoms with van der Waals surface area (Å²) in [5.74, 6) is 0.906. The Labute approximate surface area is 191 Å². The van der Waals surface area contributed by atoms with Crippen molar-refractivity contribution in [2.24, 2.45) is 5.92 Å². The molecule has 31 heavy (non-hydrogen) atoms. The van der Waals surface area contributed by atoms with Crippen LogP contribution < -0.4 is 0 Å². The maximum absolute atomic E-state index is 11.7. The summed E-state index contributed by atoms with van der Waals surface area (Å²) in [6.45, 7) is 11.3. The Bertz CT molecular complexity index is 851. The number of carbonyl (C=O) groups excluding carboxylic acids is 1. The summed E-state index contributed by atoms with van der Waals surface area (Å²) < 4.78 is 5.95. The molecule has 0 amide bonds. The van der Waals surface area contributed by atoms with Gasteiger partial charge in [-0.15, -0.1) is 11.3 Å². The molecule has 1 unspecified atom stereocenters. The second kappa shape index (κ2) is 10.9. The first-order valence-electron chi connectivity index (χ1n) is 11.8. The molecule has 168 valence electrons. The van der Waals surface area contributed by atoms with E-state index < -0.39 is 0 Å². The van der Waals surface area contributed by atoms with Gasteiger partial charge in [0.2, 0.25) is 0 Å². The van der Waals surface area contributed by atoms with Gasteiger partial charge in [-0.25, -0.2) is 0 Å². The van der Waals surface area contributed by atoms with Crippen LogP contribution in [-0.4, -0.2) is 54.5 Å². The molecule has 1 aromatic carbocycles. The van der Waals surface area contributed by atoms with Gasteiger partial charge in [0.15, 0.2) is 5.78 Å². The molecule has 0 radical (unpaired) electrons. The van der Waals surface area contributed by atoms with Gasteiger partial charge in [-0.2, -0.15) is 0 Å². The van der Waals surface area contributed by atoms with Crippen molar-refractivity contribution in [1.82, 2.24) is 9.80 Å². The molecule has 0 spiro atoms. The number of carbonyl (C=O) groups is 1. The summed E-state index contributed by atoms with van der Waals surface area (Å²) in [5.41, 5.74) is 4.12. The summed E-state index contributed by atoms with van der Waals surface area (Å²) in [5, 5.41) is 2.16. The van der Waals surface area contributed by atoms with Gasteiger partial charge in [0.05, 0.1) is 11.0 Å². The average Bonchev–Trinajstić information content (AvgIpc) is 3.43. The predicted molar refractivity (Wildman–Crippen MR) is 128 cm³/mol. The van der Waals surface area contributed by atoms with Crippen LogP contribution in [0.15, 0.2) is 35.7 Å². The zero-order valence-corrected chi connectivity index (χ0v) is 19.8. The van der Waals surface area contributed by atoms with Gasteiger partial charge >= 0.3 is 0 Å². The highest BCUT2D eigenvalue weighted by Gasteiger charge is 2.25. The number of ether oxygens (including phenoxy) is 1. The normalized spacial score (nSPS) is 20.5. The van der Waals surface area contributed by atoms with Gasteiger partial charge < -0.3 is 4.74 Å². The predicted octanol–water partition coefficient (Wildman–Crippen LogP) is 5.15. The minimum Gasteiger partial charge on any atom is -0.377 e. The summed E-state index contributed by atoms with van der Waals surface area (Å²) in [6.07, 6.45) is 5.25. The van der Waals surface area contributed by atoms with Crippen LogP contribution in [0.2, 0.25) is 0 Å². The maximum atomic E-state index is 11.7. The van der Waals surface area contributed by atoms with E-state index in [4.69, 9.17) is 4.74 Å². The van der Waals surface area contributed by atoms with E-state index in [1.807, 2.05) is 0 Å². The van der Waals surface area contributed by atoms with Crippen molar-refractivity contribution in [3.05, 3.63) is 57.3 Å². The number of hydrogen-bond donors (Lipinski definition) is 0. The Morgan fingerprint density at radius 2 is 2.00 bits per heavy atom. The number of benzene rings is 1. The maximum Gasteiger partial charge on any atom is 0.169 e. The van der Waals surface area contributed by atoms with E-state index in [1.54, 1.807) is 18.3 Å². The van der Waals surface area contributed by atoms with Gasteiger partial charge in [0.25, 0.3) is 0 Å². The average molecular weight is 441 g/mol. The standard InChI is InChI=1S/C26H36N2O2S/c1-20-6-3-4-7-24(20)17-27-11-9-22(10-12-27)15-28(18-25-8-5-13-30-25)16-23-14-26(21(2)29)31-19-23/h3-4,6-7,14,19,22,25H,5,8-13,15-18H2,1-2H3. The second-order valence-electron chi connectivity index (χ2n) is 9.35. The lowest BCUT2D eigenvalue weighted by atomic mass is 9.95. The number of nitrogens with zero attached hydrogens (tertiary/aromatic N) is 2. The minimum absolute atomic E-state index is 0.169. The largest absolute Gasteiger partial charge is 0.377 e. The molecule has 3 heterocycles. The molecule has 2 aliphatic heterocycles. The molecule has 4 nitrogen and oxygen atoms in total. The Morgan fingerprint density at radius 1 is 1.19 bits per heavy atom. The number of hydrogen-bond acceptors (Lipinski definition) is 5. The van der Waals surface area contributed by atoms with Crippen LogP contribution in [0, 0.1) is 12.8 Å². The van der Waals surface area contributed by atoms with Crippen molar-refractivity contribution in [2.75, 3.05) is 32.8 Å². The van der Waals surface area contributed by atoms with Crippen molar-refractivity contribution in [1.29, 1.82) is 0 Å². The molecule has 5 heteroatoms. The number of ketones is 1. The number of aryl methyl sites for hydroxylation is 1. The number of rotatable bonds is 9. The molecule has 4 rings (SSSR count). The van der Waals surface area contributed by atoms with E-state index in [2.05, 4.69) is 52.4 Å². The fraction of sp³-hybridized carbons (Fsp3) is 0.577. The fourth-order valence-corrected chi connectivity index (χ4v) is 5.71. The zero-order chi connectivity index (χ0) is 21.6. The molecule has 0 saturated carbocycles. The summed E-state index contributed by atoms with van der Waals surface area (Å²) in [4.78, 5) is 17.8. The molecule has 2 saturated heterocycles. The monoisotopic (exact) mass is 440 g/mol. The third-order valence-electron chi connectivity index (χ3n) is 6.77. The van der Waals surface area contributed by atoms with Crippen molar-refractivity contribution >= 4 is 17.1 Å². The third-order valence-corrected chi connectivity index (χ3v) is 7.85. The van der Waals surface area contributed by atoms with E-state index >= 15 is 0 Å². The van der Waals surface area contributed by atoms with Gasteiger partial charge in [0, 0.05) is 32.8 Å². The van der Waals surface area contributed by atoms with Gasteiger partial charge in [-0.1, -0.05) is 24.3 Å².